The zero-order valence-corrected chi connectivity index (χ0v) is 19.8. The molecule has 188 valence electrons. The number of nitrogens with zero attached hydrogens (tertiary/aromatic N) is 5. The molecule has 0 aromatic carbocycles. The second-order valence-corrected chi connectivity index (χ2v) is 8.95. The van der Waals surface area contributed by atoms with Gasteiger partial charge in [0.25, 0.3) is 0 Å². The van der Waals surface area contributed by atoms with E-state index in [0.29, 0.717) is 0 Å². The molecule has 14 nitrogen and oxygen atoms in total. The van der Waals surface area contributed by atoms with E-state index in [-0.39, 0.29) is 17.7 Å². The minimum atomic E-state index is -2.00. The van der Waals surface area contributed by atoms with Crippen LogP contribution in [0.3, 0.4) is 0 Å². The van der Waals surface area contributed by atoms with Crippen molar-refractivity contribution in [1.29, 1.82) is 0 Å². The smallest absolute Gasteiger partial charge is 0.351 e. The minimum Gasteiger partial charge on any atom is -0.461 e. The number of hydrogen-bond donors (Lipinski definition) is 3. The zero-order chi connectivity index (χ0) is 25.8. The Morgan fingerprint density at radius 1 is 1.26 bits per heavy atom. The quantitative estimate of drug-likeness (QED) is 0.191. The molecule has 6 N–H and O–H groups in total. The molecule has 0 spiro atoms. The molecule has 1 aromatic heterocycles. The van der Waals surface area contributed by atoms with Gasteiger partial charge in [-0.2, -0.15) is 4.98 Å². The number of carbonyl (C=O) groups is 2. The van der Waals surface area contributed by atoms with E-state index in [1.54, 1.807) is 34.6 Å². The van der Waals surface area contributed by atoms with Gasteiger partial charge in [0.1, 0.15) is 36.8 Å². The normalized spacial score (nSPS) is 26.1. The fourth-order valence-corrected chi connectivity index (χ4v) is 3.39. The summed E-state index contributed by atoms with van der Waals surface area (Å²) in [4.78, 5) is 44.0. The van der Waals surface area contributed by atoms with Crippen LogP contribution in [-0.2, 0) is 23.8 Å². The maximum Gasteiger partial charge on any atom is 0.351 e. The van der Waals surface area contributed by atoms with Crippen molar-refractivity contribution in [3.8, 4) is 0 Å². The van der Waals surface area contributed by atoms with Crippen LogP contribution < -0.4 is 22.9 Å². The average Bonchev–Trinajstić information content (AvgIpc) is 3.02. The summed E-state index contributed by atoms with van der Waals surface area (Å²) in [6.45, 7) is 7.93. The highest BCUT2D eigenvalue weighted by molar-refractivity contribution is 5.76. The van der Waals surface area contributed by atoms with E-state index >= 15 is 0 Å². The average molecular weight is 481 g/mol. The summed E-state index contributed by atoms with van der Waals surface area (Å²) in [7, 11) is 0. The molecule has 6 atom stereocenters. The molecule has 1 fully saturated rings. The van der Waals surface area contributed by atoms with Crippen LogP contribution in [0.15, 0.2) is 22.2 Å². The highest BCUT2D eigenvalue weighted by Gasteiger charge is 2.58. The molecular formula is C20H32N8O6. The first kappa shape index (κ1) is 27.1. The number of aromatic nitrogens is 2. The van der Waals surface area contributed by atoms with Gasteiger partial charge in [-0.3, -0.25) is 14.2 Å². The van der Waals surface area contributed by atoms with Crippen LogP contribution in [0.2, 0.25) is 0 Å². The number of azide groups is 1. The van der Waals surface area contributed by atoms with Crippen LogP contribution in [0.1, 0.15) is 40.8 Å². The van der Waals surface area contributed by atoms with Gasteiger partial charge >= 0.3 is 17.6 Å². The first-order chi connectivity index (χ1) is 15.8. The molecule has 14 heteroatoms. The summed E-state index contributed by atoms with van der Waals surface area (Å²) < 4.78 is 18.0. The first-order valence-electron chi connectivity index (χ1n) is 10.8. The second-order valence-electron chi connectivity index (χ2n) is 8.95. The first-order valence-corrected chi connectivity index (χ1v) is 10.8. The summed E-state index contributed by atoms with van der Waals surface area (Å²) in [5.41, 5.74) is 23.9. The lowest BCUT2D eigenvalue weighted by Crippen LogP contribution is -2.50. The Morgan fingerprint density at radius 2 is 1.85 bits per heavy atom. The number of ether oxygens (including phenoxy) is 3. The second kappa shape index (κ2) is 10.8. The maximum absolute atomic E-state index is 12.7. The molecule has 1 unspecified atom stereocenters. The fraction of sp³-hybridized carbons (Fsp3) is 0.700. The highest BCUT2D eigenvalue weighted by atomic mass is 16.6. The number of anilines is 1. The number of carbonyl (C=O) groups excluding carboxylic acids is 2. The molecule has 34 heavy (non-hydrogen) atoms. The van der Waals surface area contributed by atoms with E-state index in [4.69, 9.17) is 31.4 Å². The van der Waals surface area contributed by atoms with Gasteiger partial charge in [0.2, 0.25) is 5.72 Å². The topological polar surface area (TPSA) is 224 Å². The lowest BCUT2D eigenvalue weighted by Gasteiger charge is -2.31. The van der Waals surface area contributed by atoms with Crippen molar-refractivity contribution in [2.75, 3.05) is 12.3 Å². The fourth-order valence-electron chi connectivity index (χ4n) is 3.39. The molecule has 0 aliphatic carbocycles. The largest absolute Gasteiger partial charge is 0.461 e. The van der Waals surface area contributed by atoms with Crippen LogP contribution >= 0.6 is 0 Å². The summed E-state index contributed by atoms with van der Waals surface area (Å²) >= 11 is 0. The van der Waals surface area contributed by atoms with Crippen LogP contribution in [0.5, 0.6) is 0 Å². The molecular weight excluding hydrogens is 448 g/mol. The predicted octanol–water partition coefficient (Wildman–Crippen LogP) is 0.419. The van der Waals surface area contributed by atoms with Crippen molar-refractivity contribution in [3.05, 3.63) is 33.2 Å². The Balaban J connectivity index is 2.49. The van der Waals surface area contributed by atoms with Gasteiger partial charge in [0.05, 0.1) is 0 Å². The third kappa shape index (κ3) is 5.65. The zero-order valence-electron chi connectivity index (χ0n) is 19.8. The number of nitrogen functional groups attached to an aromatic ring is 1. The monoisotopic (exact) mass is 480 g/mol. The van der Waals surface area contributed by atoms with Crippen LogP contribution in [0, 0.1) is 17.8 Å². The van der Waals surface area contributed by atoms with Gasteiger partial charge in [0.15, 0.2) is 0 Å². The van der Waals surface area contributed by atoms with Gasteiger partial charge in [0, 0.05) is 17.0 Å². The molecule has 0 radical (unpaired) electrons. The Morgan fingerprint density at radius 3 is 2.38 bits per heavy atom. The van der Waals surface area contributed by atoms with Crippen molar-refractivity contribution < 1.29 is 23.8 Å². The van der Waals surface area contributed by atoms with Crippen molar-refractivity contribution in [1.82, 2.24) is 9.55 Å². The molecule has 2 rings (SSSR count). The Bertz CT molecular complexity index is 1010. The van der Waals surface area contributed by atoms with Crippen LogP contribution in [-0.4, -0.2) is 52.0 Å². The molecule has 2 heterocycles. The molecule has 0 saturated carbocycles. The lowest BCUT2D eigenvalue weighted by molar-refractivity contribution is -0.179. The van der Waals surface area contributed by atoms with Gasteiger partial charge in [-0.1, -0.05) is 39.7 Å². The van der Waals surface area contributed by atoms with Gasteiger partial charge in [-0.05, 0) is 23.4 Å². The van der Waals surface area contributed by atoms with Gasteiger partial charge < -0.3 is 31.4 Å². The Kier molecular flexibility index (Phi) is 8.61. The van der Waals surface area contributed by atoms with Crippen molar-refractivity contribution >= 4 is 17.8 Å². The van der Waals surface area contributed by atoms with E-state index in [9.17, 15) is 19.9 Å². The Labute approximate surface area is 196 Å². The minimum absolute atomic E-state index is 0.00398. The van der Waals surface area contributed by atoms with Crippen molar-refractivity contribution in [2.45, 2.75) is 64.8 Å². The van der Waals surface area contributed by atoms with Crippen LogP contribution in [0.4, 0.5) is 5.82 Å². The Hall–Kier alpha value is -3.19. The standard InChI is InChI=1S/C20H32N8O6/c1-9(2)13(22)17(29)32-8-20(26-27-24)15(33-18(30)14(23)10(3)4)11(5)16(34-20)28-7-6-12(21)25-19(28)31/h6-7,9-11,13-16H,8,22-23H2,1-5H3,(H2,21,25,31)/t11-,13+,14+,15+,16-,20?/m1/s1. The van der Waals surface area contributed by atoms with Crippen molar-refractivity contribution in [2.24, 2.45) is 34.3 Å². The van der Waals surface area contributed by atoms with Crippen molar-refractivity contribution in [3.63, 3.8) is 0 Å². The van der Waals surface area contributed by atoms with Gasteiger partial charge in [-0.15, -0.1) is 0 Å². The number of hydrogen-bond acceptors (Lipinski definition) is 11. The summed E-state index contributed by atoms with van der Waals surface area (Å²) in [6.07, 6.45) is -1.02. The van der Waals surface area contributed by atoms with Crippen LogP contribution in [0.25, 0.3) is 10.4 Å². The third-order valence-electron chi connectivity index (χ3n) is 5.68. The summed E-state index contributed by atoms with van der Waals surface area (Å²) in [5.74, 6) is -2.78. The van der Waals surface area contributed by atoms with E-state index < -0.39 is 60.3 Å². The lowest BCUT2D eigenvalue weighted by atomic mass is 9.97. The number of rotatable bonds is 9. The van der Waals surface area contributed by atoms with E-state index in [1.807, 2.05) is 0 Å². The highest BCUT2D eigenvalue weighted by Crippen LogP contribution is 2.44. The predicted molar refractivity (Wildman–Crippen MR) is 121 cm³/mol. The van der Waals surface area contributed by atoms with E-state index in [2.05, 4.69) is 15.0 Å². The van der Waals surface area contributed by atoms with E-state index in [1.165, 1.54) is 12.3 Å². The van der Waals surface area contributed by atoms with Gasteiger partial charge in [-0.25, -0.2) is 4.79 Å². The molecule has 1 saturated heterocycles. The molecule has 0 amide bonds. The molecule has 1 aromatic rings. The molecule has 1 aliphatic heterocycles. The molecule has 0 bridgehead atoms. The maximum atomic E-state index is 12.7. The van der Waals surface area contributed by atoms with E-state index in [0.717, 1.165) is 4.57 Å². The number of nitrogens with two attached hydrogens (primary N) is 3. The summed E-state index contributed by atoms with van der Waals surface area (Å²) in [6, 6.07) is -0.549. The SMILES string of the molecule is CC(C)[C@H](N)C(=O)OCC1(N=[N+]=[N-])O[C@@H](n2ccc(N)nc2=O)[C@H](C)[C@@H]1OC(=O)[C@@H](N)C(C)C. The summed E-state index contributed by atoms with van der Waals surface area (Å²) in [5, 5.41) is 3.71. The third-order valence-corrected chi connectivity index (χ3v) is 5.68. The number of esters is 2. The molecule has 1 aliphatic rings.